The Labute approximate surface area is 164 Å². The Hall–Kier alpha value is -3.14. The largest absolute Gasteiger partial charge is 0.341 e. The van der Waals surface area contributed by atoms with Gasteiger partial charge in [0.25, 0.3) is 0 Å². The number of aromatic nitrogens is 4. The van der Waals surface area contributed by atoms with Crippen LogP contribution >= 0.6 is 0 Å². The number of benzene rings is 2. The Kier molecular flexibility index (Phi) is 3.93. The van der Waals surface area contributed by atoms with Crippen LogP contribution in [0.3, 0.4) is 0 Å². The number of nitrogens with zero attached hydrogens (tertiary/aromatic N) is 4. The van der Waals surface area contributed by atoms with Crippen LogP contribution in [-0.4, -0.2) is 19.6 Å². The summed E-state index contributed by atoms with van der Waals surface area (Å²) in [7, 11) is 0. The average molecular weight is 368 g/mol. The van der Waals surface area contributed by atoms with Gasteiger partial charge < -0.3 is 4.57 Å². The van der Waals surface area contributed by atoms with Crippen molar-refractivity contribution in [3.8, 4) is 5.69 Å². The monoisotopic (exact) mass is 368 g/mol. The minimum absolute atomic E-state index is 0.438. The molecule has 4 nitrogen and oxygen atoms in total. The van der Waals surface area contributed by atoms with Crippen LogP contribution < -0.4 is 0 Å². The van der Waals surface area contributed by atoms with E-state index in [0.29, 0.717) is 11.8 Å². The van der Waals surface area contributed by atoms with E-state index in [1.807, 2.05) is 10.9 Å². The maximum Gasteiger partial charge on any atom is 0.0906 e. The van der Waals surface area contributed by atoms with Crippen molar-refractivity contribution < 1.29 is 0 Å². The molecule has 0 saturated heterocycles. The molecule has 0 bridgehead atoms. The van der Waals surface area contributed by atoms with Gasteiger partial charge in [-0.2, -0.15) is 0 Å². The predicted octanol–water partition coefficient (Wildman–Crippen LogP) is 5.62. The molecular formula is C24H24N4. The Morgan fingerprint density at radius 2 is 1.82 bits per heavy atom. The van der Waals surface area contributed by atoms with E-state index in [-0.39, 0.29) is 0 Å². The van der Waals surface area contributed by atoms with E-state index in [1.54, 1.807) is 0 Å². The van der Waals surface area contributed by atoms with Crippen LogP contribution in [0.25, 0.3) is 33.1 Å². The summed E-state index contributed by atoms with van der Waals surface area (Å²) in [4.78, 5) is 0. The summed E-state index contributed by atoms with van der Waals surface area (Å²) in [6.45, 7) is 7.68. The van der Waals surface area contributed by atoms with Crippen molar-refractivity contribution in [1.82, 2.24) is 19.6 Å². The molecule has 0 spiro atoms. The van der Waals surface area contributed by atoms with Gasteiger partial charge in [0.15, 0.2) is 0 Å². The second-order valence-electron chi connectivity index (χ2n) is 7.65. The van der Waals surface area contributed by atoms with Crippen molar-refractivity contribution in [2.24, 2.45) is 11.8 Å². The molecule has 28 heavy (non-hydrogen) atoms. The molecule has 0 radical (unpaired) electrons. The predicted molar refractivity (Wildman–Crippen MR) is 115 cm³/mol. The SMILES string of the molecule is CCn1c2ccccc2c2cc(-n3nncc3C3=CC=CC(C)C3C)ccc21. The highest BCUT2D eigenvalue weighted by Gasteiger charge is 2.22. The molecule has 2 unspecified atom stereocenters. The number of hydrogen-bond donors (Lipinski definition) is 0. The highest BCUT2D eigenvalue weighted by atomic mass is 15.4. The first-order chi connectivity index (χ1) is 13.7. The lowest BCUT2D eigenvalue weighted by Crippen LogP contribution is -2.13. The van der Waals surface area contributed by atoms with E-state index in [9.17, 15) is 0 Å². The van der Waals surface area contributed by atoms with Crippen LogP contribution in [0.2, 0.25) is 0 Å². The third-order valence-electron chi connectivity index (χ3n) is 6.13. The summed E-state index contributed by atoms with van der Waals surface area (Å²) >= 11 is 0. The standard InChI is InChI=1S/C24H24N4/c1-4-27-22-11-6-5-9-20(22)21-14-18(12-13-23(21)27)28-24(15-25-26-28)19-10-7-8-16(2)17(19)3/h5-17H,4H2,1-3H3. The summed E-state index contributed by atoms with van der Waals surface area (Å²) in [5.74, 6) is 0.946. The summed E-state index contributed by atoms with van der Waals surface area (Å²) in [5.41, 5.74) is 5.95. The third-order valence-corrected chi connectivity index (χ3v) is 6.13. The molecule has 0 amide bonds. The molecule has 2 aromatic heterocycles. The lowest BCUT2D eigenvalue weighted by Gasteiger charge is -2.23. The number of aryl methyl sites for hydroxylation is 1. The topological polar surface area (TPSA) is 35.6 Å². The van der Waals surface area contributed by atoms with Gasteiger partial charge in [-0.25, -0.2) is 4.68 Å². The molecule has 5 rings (SSSR count). The third kappa shape index (κ3) is 2.44. The van der Waals surface area contributed by atoms with Crippen LogP contribution in [0.4, 0.5) is 0 Å². The molecular weight excluding hydrogens is 344 g/mol. The number of rotatable bonds is 3. The Bertz CT molecular complexity index is 1240. The zero-order chi connectivity index (χ0) is 19.3. The molecule has 1 aliphatic rings. The van der Waals surface area contributed by atoms with Crippen LogP contribution in [0.5, 0.6) is 0 Å². The van der Waals surface area contributed by atoms with Gasteiger partial charge in [-0.05, 0) is 48.6 Å². The first kappa shape index (κ1) is 17.0. The van der Waals surface area contributed by atoms with Crippen molar-refractivity contribution in [1.29, 1.82) is 0 Å². The number of fused-ring (bicyclic) bond motifs is 3. The van der Waals surface area contributed by atoms with Crippen molar-refractivity contribution in [2.75, 3.05) is 0 Å². The molecule has 0 fully saturated rings. The van der Waals surface area contributed by atoms with Crippen molar-refractivity contribution in [3.05, 3.63) is 72.6 Å². The van der Waals surface area contributed by atoms with Gasteiger partial charge in [0.2, 0.25) is 0 Å². The van der Waals surface area contributed by atoms with Gasteiger partial charge >= 0.3 is 0 Å². The molecule has 1 aliphatic carbocycles. The van der Waals surface area contributed by atoms with Gasteiger partial charge in [-0.1, -0.05) is 55.5 Å². The smallest absolute Gasteiger partial charge is 0.0906 e. The van der Waals surface area contributed by atoms with Crippen LogP contribution in [0.15, 0.2) is 66.9 Å². The molecule has 140 valence electrons. The molecule has 4 aromatic rings. The fourth-order valence-electron chi connectivity index (χ4n) is 4.39. The van der Waals surface area contributed by atoms with Crippen molar-refractivity contribution >= 4 is 27.4 Å². The van der Waals surface area contributed by atoms with Gasteiger partial charge in [0, 0.05) is 28.4 Å². The van der Waals surface area contributed by atoms with E-state index in [1.165, 1.54) is 27.4 Å². The van der Waals surface area contributed by atoms with Crippen LogP contribution in [0, 0.1) is 11.8 Å². The Morgan fingerprint density at radius 3 is 2.68 bits per heavy atom. The average Bonchev–Trinajstić information content (AvgIpc) is 3.32. The fraction of sp³-hybridized carbons (Fsp3) is 0.250. The number of allylic oxidation sites excluding steroid dienone is 4. The minimum Gasteiger partial charge on any atom is -0.341 e. The van der Waals surface area contributed by atoms with Gasteiger partial charge in [-0.15, -0.1) is 5.10 Å². The second kappa shape index (κ2) is 6.48. The quantitative estimate of drug-likeness (QED) is 0.470. The summed E-state index contributed by atoms with van der Waals surface area (Å²) in [6, 6.07) is 15.2. The van der Waals surface area contributed by atoms with Crippen LogP contribution in [0.1, 0.15) is 26.5 Å². The van der Waals surface area contributed by atoms with E-state index in [4.69, 9.17) is 0 Å². The fourth-order valence-corrected chi connectivity index (χ4v) is 4.39. The minimum atomic E-state index is 0.438. The Morgan fingerprint density at radius 1 is 1.00 bits per heavy atom. The maximum atomic E-state index is 4.43. The van der Waals surface area contributed by atoms with Crippen LogP contribution in [-0.2, 0) is 6.54 Å². The van der Waals surface area contributed by atoms with Crippen molar-refractivity contribution in [2.45, 2.75) is 27.3 Å². The van der Waals surface area contributed by atoms with Gasteiger partial charge in [-0.3, -0.25) is 0 Å². The molecule has 2 aromatic carbocycles. The first-order valence-electron chi connectivity index (χ1n) is 10.00. The molecule has 0 N–H and O–H groups in total. The number of hydrogen-bond acceptors (Lipinski definition) is 2. The van der Waals surface area contributed by atoms with Gasteiger partial charge in [0.1, 0.15) is 0 Å². The van der Waals surface area contributed by atoms with E-state index < -0.39 is 0 Å². The van der Waals surface area contributed by atoms with Crippen molar-refractivity contribution in [3.63, 3.8) is 0 Å². The van der Waals surface area contributed by atoms with E-state index in [0.717, 1.165) is 17.9 Å². The maximum absolute atomic E-state index is 4.43. The Balaban J connectivity index is 1.70. The van der Waals surface area contributed by atoms with E-state index >= 15 is 0 Å². The lowest BCUT2D eigenvalue weighted by molar-refractivity contribution is 0.564. The summed E-state index contributed by atoms with van der Waals surface area (Å²) < 4.78 is 4.35. The highest BCUT2D eigenvalue weighted by Crippen LogP contribution is 2.35. The lowest BCUT2D eigenvalue weighted by atomic mass is 9.83. The molecule has 4 heteroatoms. The number of para-hydroxylation sites is 1. The van der Waals surface area contributed by atoms with Gasteiger partial charge in [0.05, 0.1) is 17.6 Å². The zero-order valence-electron chi connectivity index (χ0n) is 16.5. The zero-order valence-corrected chi connectivity index (χ0v) is 16.5. The summed E-state index contributed by atoms with van der Waals surface area (Å²) in [5, 5.41) is 11.2. The highest BCUT2D eigenvalue weighted by molar-refractivity contribution is 6.08. The first-order valence-corrected chi connectivity index (χ1v) is 10.00. The molecule has 0 saturated carbocycles. The second-order valence-corrected chi connectivity index (χ2v) is 7.65. The molecule has 2 heterocycles. The molecule has 2 atom stereocenters. The normalized spacial score (nSPS) is 19.5. The summed E-state index contributed by atoms with van der Waals surface area (Å²) in [6.07, 6.45) is 8.48. The van der Waals surface area contributed by atoms with E-state index in [2.05, 4.69) is 96.3 Å². The molecule has 0 aliphatic heterocycles.